The predicted molar refractivity (Wildman–Crippen MR) is 101 cm³/mol. The van der Waals surface area contributed by atoms with E-state index in [9.17, 15) is 19.5 Å². The molecule has 1 atom stereocenters. The van der Waals surface area contributed by atoms with Gasteiger partial charge in [-0.05, 0) is 59.3 Å². The number of carboxylic acid groups (broad SMARTS) is 1. The van der Waals surface area contributed by atoms with Crippen LogP contribution in [0.4, 0.5) is 5.69 Å². The fourth-order valence-electron chi connectivity index (χ4n) is 2.71. The van der Waals surface area contributed by atoms with Crippen LogP contribution in [0.25, 0.3) is 0 Å². The zero-order valence-corrected chi connectivity index (χ0v) is 16.2. The van der Waals surface area contributed by atoms with Crippen molar-refractivity contribution in [3.63, 3.8) is 0 Å². The fourth-order valence-corrected chi connectivity index (χ4v) is 4.53. The molecular formula is C18H13INO4S-. The van der Waals surface area contributed by atoms with Gasteiger partial charge < -0.3 is 9.90 Å². The summed E-state index contributed by atoms with van der Waals surface area (Å²) in [5.74, 6) is -1.91. The molecule has 128 valence electrons. The SMILES string of the molecule is Cc1cc(I)ccc1N1C(=O)C[C@H](Sc2ccccc2C(=O)[O-])C1=O. The van der Waals surface area contributed by atoms with Gasteiger partial charge in [-0.15, -0.1) is 11.8 Å². The number of hydrogen-bond donors (Lipinski definition) is 0. The van der Waals surface area contributed by atoms with Crippen molar-refractivity contribution in [3.05, 3.63) is 57.2 Å². The van der Waals surface area contributed by atoms with Crippen molar-refractivity contribution in [2.75, 3.05) is 4.90 Å². The highest BCUT2D eigenvalue weighted by molar-refractivity contribution is 14.1. The molecule has 0 radical (unpaired) electrons. The molecule has 7 heteroatoms. The molecule has 0 unspecified atom stereocenters. The van der Waals surface area contributed by atoms with Crippen LogP contribution >= 0.6 is 34.4 Å². The minimum atomic E-state index is -1.30. The van der Waals surface area contributed by atoms with E-state index in [0.717, 1.165) is 20.9 Å². The zero-order chi connectivity index (χ0) is 18.1. The molecule has 1 fully saturated rings. The summed E-state index contributed by atoms with van der Waals surface area (Å²) in [4.78, 5) is 38.0. The molecule has 1 saturated heterocycles. The molecule has 5 nitrogen and oxygen atoms in total. The zero-order valence-electron chi connectivity index (χ0n) is 13.2. The molecule has 2 aromatic carbocycles. The number of carboxylic acids is 1. The van der Waals surface area contributed by atoms with E-state index in [4.69, 9.17) is 0 Å². The van der Waals surface area contributed by atoms with Crippen LogP contribution in [0.2, 0.25) is 0 Å². The lowest BCUT2D eigenvalue weighted by Gasteiger charge is -2.18. The second-order valence-corrected chi connectivity index (χ2v) is 8.08. The Morgan fingerprint density at radius 2 is 1.96 bits per heavy atom. The highest BCUT2D eigenvalue weighted by Gasteiger charge is 2.40. The summed E-state index contributed by atoms with van der Waals surface area (Å²) in [6.07, 6.45) is 0.0380. The number of aromatic carboxylic acids is 1. The van der Waals surface area contributed by atoms with E-state index in [-0.39, 0.29) is 23.8 Å². The maximum absolute atomic E-state index is 12.8. The van der Waals surface area contributed by atoms with Crippen LogP contribution < -0.4 is 10.0 Å². The van der Waals surface area contributed by atoms with Gasteiger partial charge in [0.15, 0.2) is 0 Å². The van der Waals surface area contributed by atoms with Crippen LogP contribution in [0, 0.1) is 10.5 Å². The molecule has 1 heterocycles. The number of amides is 2. The Kier molecular flexibility index (Phi) is 5.14. The highest BCUT2D eigenvalue weighted by Crippen LogP contribution is 2.36. The summed E-state index contributed by atoms with van der Waals surface area (Å²) in [7, 11) is 0. The minimum Gasteiger partial charge on any atom is -0.545 e. The number of halogens is 1. The van der Waals surface area contributed by atoms with Crippen molar-refractivity contribution >= 4 is 57.8 Å². The number of thioether (sulfide) groups is 1. The third-order valence-electron chi connectivity index (χ3n) is 3.88. The number of carbonyl (C=O) groups is 3. The number of rotatable bonds is 4. The molecule has 0 saturated carbocycles. The highest BCUT2D eigenvalue weighted by atomic mass is 127. The molecule has 25 heavy (non-hydrogen) atoms. The van der Waals surface area contributed by atoms with E-state index in [1.54, 1.807) is 24.3 Å². The van der Waals surface area contributed by atoms with Gasteiger partial charge in [-0.1, -0.05) is 18.2 Å². The molecule has 3 rings (SSSR count). The van der Waals surface area contributed by atoms with Gasteiger partial charge in [0.1, 0.15) is 0 Å². The van der Waals surface area contributed by atoms with Crippen LogP contribution in [0.1, 0.15) is 22.3 Å². The summed E-state index contributed by atoms with van der Waals surface area (Å²) >= 11 is 3.26. The summed E-state index contributed by atoms with van der Waals surface area (Å²) in [5.41, 5.74) is 1.44. The van der Waals surface area contributed by atoms with Gasteiger partial charge in [0, 0.05) is 20.4 Å². The number of anilines is 1. The Morgan fingerprint density at radius 1 is 1.24 bits per heavy atom. The molecule has 0 N–H and O–H groups in total. The van der Waals surface area contributed by atoms with Crippen LogP contribution in [-0.2, 0) is 9.59 Å². The quantitative estimate of drug-likeness (QED) is 0.511. The van der Waals surface area contributed by atoms with E-state index in [1.807, 2.05) is 19.1 Å². The molecule has 0 aromatic heterocycles. The Hall–Kier alpha value is -1.87. The number of imide groups is 1. The maximum atomic E-state index is 12.8. The van der Waals surface area contributed by atoms with E-state index in [1.165, 1.54) is 11.0 Å². The Bertz CT molecular complexity index is 883. The minimum absolute atomic E-state index is 0.0247. The molecule has 2 amide bonds. The van der Waals surface area contributed by atoms with Crippen LogP contribution in [-0.4, -0.2) is 23.0 Å². The van der Waals surface area contributed by atoms with Crippen LogP contribution in [0.3, 0.4) is 0 Å². The lowest BCUT2D eigenvalue weighted by atomic mass is 10.2. The second kappa shape index (κ2) is 7.17. The standard InChI is InChI=1S/C18H14INO4S/c1-10-8-11(19)6-7-13(10)20-16(21)9-15(17(20)22)25-14-5-3-2-4-12(14)18(23)24/h2-8,15H,9H2,1H3,(H,23,24)/p-1/t15-/m0/s1. The Labute approximate surface area is 162 Å². The number of aryl methyl sites for hydroxylation is 1. The molecule has 0 spiro atoms. The number of hydrogen-bond acceptors (Lipinski definition) is 5. The van der Waals surface area contributed by atoms with Gasteiger partial charge in [0.25, 0.3) is 0 Å². The molecule has 0 aliphatic carbocycles. The first-order chi connectivity index (χ1) is 11.9. The van der Waals surface area contributed by atoms with Crippen molar-refractivity contribution in [1.29, 1.82) is 0 Å². The monoisotopic (exact) mass is 466 g/mol. The first-order valence-electron chi connectivity index (χ1n) is 7.48. The fraction of sp³-hybridized carbons (Fsp3) is 0.167. The van der Waals surface area contributed by atoms with Crippen molar-refractivity contribution in [2.45, 2.75) is 23.5 Å². The van der Waals surface area contributed by atoms with Crippen LogP contribution in [0.5, 0.6) is 0 Å². The van der Waals surface area contributed by atoms with Gasteiger partial charge in [0.2, 0.25) is 11.8 Å². The van der Waals surface area contributed by atoms with Gasteiger partial charge in [-0.2, -0.15) is 0 Å². The predicted octanol–water partition coefficient (Wildman–Crippen LogP) is 2.39. The first-order valence-corrected chi connectivity index (χ1v) is 9.44. The van der Waals surface area contributed by atoms with E-state index in [0.29, 0.717) is 10.6 Å². The second-order valence-electron chi connectivity index (χ2n) is 5.59. The van der Waals surface area contributed by atoms with Crippen molar-refractivity contribution in [2.24, 2.45) is 0 Å². The lowest BCUT2D eigenvalue weighted by molar-refractivity contribution is -0.255. The van der Waals surface area contributed by atoms with Gasteiger partial charge in [-0.3, -0.25) is 9.59 Å². The average molecular weight is 466 g/mol. The lowest BCUT2D eigenvalue weighted by Crippen LogP contribution is -2.31. The third kappa shape index (κ3) is 3.57. The third-order valence-corrected chi connectivity index (χ3v) is 5.81. The van der Waals surface area contributed by atoms with Crippen molar-refractivity contribution < 1.29 is 19.5 Å². The Morgan fingerprint density at radius 3 is 2.64 bits per heavy atom. The first kappa shape index (κ1) is 17.9. The van der Waals surface area contributed by atoms with E-state index >= 15 is 0 Å². The smallest absolute Gasteiger partial charge is 0.247 e. The van der Waals surface area contributed by atoms with Gasteiger partial charge in [0.05, 0.1) is 16.9 Å². The maximum Gasteiger partial charge on any atom is 0.247 e. The van der Waals surface area contributed by atoms with E-state index in [2.05, 4.69) is 22.6 Å². The normalized spacial score (nSPS) is 17.2. The Balaban J connectivity index is 1.88. The summed E-state index contributed by atoms with van der Waals surface area (Å²) in [6.45, 7) is 1.85. The molecule has 1 aliphatic heterocycles. The summed E-state index contributed by atoms with van der Waals surface area (Å²) in [5, 5.41) is 10.6. The topological polar surface area (TPSA) is 77.5 Å². The molecule has 0 bridgehead atoms. The number of nitrogens with zero attached hydrogens (tertiary/aromatic N) is 1. The largest absolute Gasteiger partial charge is 0.545 e. The summed E-state index contributed by atoms with van der Waals surface area (Å²) < 4.78 is 1.02. The van der Waals surface area contributed by atoms with Gasteiger partial charge in [-0.25, -0.2) is 4.90 Å². The van der Waals surface area contributed by atoms with E-state index < -0.39 is 11.2 Å². The molecule has 1 aliphatic rings. The number of carbonyl (C=O) groups excluding carboxylic acids is 3. The summed E-state index contributed by atoms with van der Waals surface area (Å²) in [6, 6.07) is 11.8. The van der Waals surface area contributed by atoms with Gasteiger partial charge >= 0.3 is 0 Å². The average Bonchev–Trinajstić information content (AvgIpc) is 2.82. The van der Waals surface area contributed by atoms with Crippen molar-refractivity contribution in [3.8, 4) is 0 Å². The number of benzene rings is 2. The molecule has 2 aromatic rings. The van der Waals surface area contributed by atoms with Crippen LogP contribution in [0.15, 0.2) is 47.4 Å². The molecular weight excluding hydrogens is 453 g/mol. The van der Waals surface area contributed by atoms with Crippen molar-refractivity contribution in [1.82, 2.24) is 0 Å².